The molecule has 5 nitrogen and oxygen atoms in total. The van der Waals surface area contributed by atoms with Crippen molar-refractivity contribution in [1.82, 2.24) is 14.6 Å². The van der Waals surface area contributed by atoms with Crippen LogP contribution in [-0.2, 0) is 16.6 Å². The highest BCUT2D eigenvalue weighted by Crippen LogP contribution is 2.20. The van der Waals surface area contributed by atoms with E-state index < -0.39 is 10.0 Å². The van der Waals surface area contributed by atoms with Crippen molar-refractivity contribution >= 4 is 21.8 Å². The number of hydrogen-bond acceptors (Lipinski definition) is 5. The van der Waals surface area contributed by atoms with Gasteiger partial charge in [-0.25, -0.2) is 13.4 Å². The van der Waals surface area contributed by atoms with Crippen LogP contribution in [0, 0.1) is 0 Å². The molecule has 0 radical (unpaired) electrons. The molecule has 0 amide bonds. The third kappa shape index (κ3) is 4.42. The third-order valence-corrected chi connectivity index (χ3v) is 6.35. The Labute approximate surface area is 131 Å². The molecule has 1 aromatic rings. The van der Waals surface area contributed by atoms with E-state index in [1.807, 2.05) is 19.2 Å². The minimum Gasteiger partial charge on any atom is -0.310 e. The van der Waals surface area contributed by atoms with Crippen molar-refractivity contribution in [2.75, 3.05) is 19.1 Å². The van der Waals surface area contributed by atoms with Crippen LogP contribution in [-0.4, -0.2) is 48.8 Å². The lowest BCUT2D eigenvalue weighted by Crippen LogP contribution is -2.37. The van der Waals surface area contributed by atoms with E-state index in [4.69, 9.17) is 0 Å². The summed E-state index contributed by atoms with van der Waals surface area (Å²) in [5.41, 5.74) is 1.01. The summed E-state index contributed by atoms with van der Waals surface area (Å²) in [4.78, 5) is 4.14. The second-order valence-corrected chi connectivity index (χ2v) is 8.34. The van der Waals surface area contributed by atoms with E-state index in [0.29, 0.717) is 6.04 Å². The van der Waals surface area contributed by atoms with E-state index >= 15 is 0 Å². The average molecular weight is 329 g/mol. The van der Waals surface area contributed by atoms with Gasteiger partial charge in [-0.1, -0.05) is 6.07 Å². The van der Waals surface area contributed by atoms with E-state index in [9.17, 15) is 8.42 Å². The normalized spacial score (nSPS) is 17.1. The molecule has 0 aromatic carbocycles. The van der Waals surface area contributed by atoms with Crippen LogP contribution in [0.3, 0.4) is 0 Å². The van der Waals surface area contributed by atoms with Crippen LogP contribution in [0.2, 0.25) is 0 Å². The van der Waals surface area contributed by atoms with Crippen molar-refractivity contribution in [3.05, 3.63) is 23.9 Å². The molecule has 0 spiro atoms. The Morgan fingerprint density at radius 2 is 2.19 bits per heavy atom. The first-order chi connectivity index (χ1) is 9.95. The van der Waals surface area contributed by atoms with Crippen LogP contribution in [0.25, 0.3) is 0 Å². The average Bonchev–Trinajstić information content (AvgIpc) is 3.29. The van der Waals surface area contributed by atoms with Crippen LogP contribution in [0.5, 0.6) is 0 Å². The lowest BCUT2D eigenvalue weighted by Gasteiger charge is -2.23. The third-order valence-electron chi connectivity index (χ3n) is 3.64. The van der Waals surface area contributed by atoms with Gasteiger partial charge in [0.1, 0.15) is 0 Å². The SMILES string of the molecule is CSCC(C)N(C)S(=O)(=O)c1ccc(CNC2CC2)cn1. The quantitative estimate of drug-likeness (QED) is 0.786. The minimum absolute atomic E-state index is 0.0528. The second-order valence-electron chi connectivity index (χ2n) is 5.49. The number of aromatic nitrogens is 1. The highest BCUT2D eigenvalue weighted by atomic mass is 32.2. The molecule has 21 heavy (non-hydrogen) atoms. The zero-order chi connectivity index (χ0) is 15.5. The fourth-order valence-electron chi connectivity index (χ4n) is 1.95. The maximum atomic E-state index is 12.5. The monoisotopic (exact) mass is 329 g/mol. The number of rotatable bonds is 8. The Morgan fingerprint density at radius 1 is 1.48 bits per heavy atom. The van der Waals surface area contributed by atoms with Crippen molar-refractivity contribution < 1.29 is 8.42 Å². The molecule has 1 aliphatic carbocycles. The summed E-state index contributed by atoms with van der Waals surface area (Å²) < 4.78 is 26.3. The number of thioether (sulfide) groups is 1. The molecule has 1 heterocycles. The van der Waals surface area contributed by atoms with Crippen molar-refractivity contribution in [2.24, 2.45) is 0 Å². The molecule has 1 aromatic heterocycles. The van der Waals surface area contributed by atoms with Gasteiger partial charge in [-0.3, -0.25) is 0 Å². The fraction of sp³-hybridized carbons (Fsp3) is 0.643. The zero-order valence-electron chi connectivity index (χ0n) is 12.7. The van der Waals surface area contributed by atoms with Crippen LogP contribution in [0.4, 0.5) is 0 Å². The van der Waals surface area contributed by atoms with Crippen molar-refractivity contribution in [2.45, 2.75) is 43.4 Å². The maximum Gasteiger partial charge on any atom is 0.260 e. The van der Waals surface area contributed by atoms with Gasteiger partial charge >= 0.3 is 0 Å². The van der Waals surface area contributed by atoms with E-state index in [1.54, 1.807) is 31.1 Å². The summed E-state index contributed by atoms with van der Waals surface area (Å²) in [6.07, 6.45) is 6.09. The smallest absolute Gasteiger partial charge is 0.260 e. The lowest BCUT2D eigenvalue weighted by atomic mass is 10.3. The summed E-state index contributed by atoms with van der Waals surface area (Å²) in [6, 6.07) is 4.01. The van der Waals surface area contributed by atoms with Crippen LogP contribution in [0.15, 0.2) is 23.4 Å². The minimum atomic E-state index is -3.51. The Morgan fingerprint density at radius 3 is 2.71 bits per heavy atom. The van der Waals surface area contributed by atoms with Gasteiger partial charge < -0.3 is 5.32 Å². The Balaban J connectivity index is 2.04. The van der Waals surface area contributed by atoms with Gasteiger partial charge in [0.05, 0.1) is 0 Å². The predicted molar refractivity (Wildman–Crippen MR) is 86.9 cm³/mol. The molecule has 2 rings (SSSR count). The Bertz CT molecular complexity index is 556. The summed E-state index contributed by atoms with van der Waals surface area (Å²) in [6.45, 7) is 2.65. The van der Waals surface area contributed by atoms with Crippen LogP contribution < -0.4 is 5.32 Å². The van der Waals surface area contributed by atoms with E-state index in [1.165, 1.54) is 17.1 Å². The summed E-state index contributed by atoms with van der Waals surface area (Å²) in [5.74, 6) is 0.763. The van der Waals surface area contributed by atoms with E-state index in [2.05, 4.69) is 10.3 Å². The summed E-state index contributed by atoms with van der Waals surface area (Å²) in [7, 11) is -1.90. The highest BCUT2D eigenvalue weighted by Gasteiger charge is 2.26. The zero-order valence-corrected chi connectivity index (χ0v) is 14.4. The lowest BCUT2D eigenvalue weighted by molar-refractivity contribution is 0.413. The first kappa shape index (κ1) is 16.7. The number of nitrogens with zero attached hydrogens (tertiary/aromatic N) is 2. The molecule has 7 heteroatoms. The topological polar surface area (TPSA) is 62.3 Å². The molecular weight excluding hydrogens is 306 g/mol. The van der Waals surface area contributed by atoms with Gasteiger partial charge in [-0.05, 0) is 37.7 Å². The molecule has 1 unspecified atom stereocenters. The molecule has 1 fully saturated rings. The molecule has 1 N–H and O–H groups in total. The highest BCUT2D eigenvalue weighted by molar-refractivity contribution is 7.98. The van der Waals surface area contributed by atoms with E-state index in [0.717, 1.165) is 17.9 Å². The molecular formula is C14H23N3O2S2. The molecule has 118 valence electrons. The molecule has 0 saturated heterocycles. The molecule has 0 aliphatic heterocycles. The molecule has 1 saturated carbocycles. The van der Waals surface area contributed by atoms with Crippen LogP contribution >= 0.6 is 11.8 Å². The van der Waals surface area contributed by atoms with Gasteiger partial charge in [-0.15, -0.1) is 0 Å². The molecule has 0 bridgehead atoms. The van der Waals surface area contributed by atoms with Gasteiger partial charge in [0.25, 0.3) is 10.0 Å². The van der Waals surface area contributed by atoms with Crippen molar-refractivity contribution in [1.29, 1.82) is 0 Å². The molecule has 1 aliphatic rings. The van der Waals surface area contributed by atoms with Gasteiger partial charge in [0, 0.05) is 37.6 Å². The Hall–Kier alpha value is -0.630. The van der Waals surface area contributed by atoms with Gasteiger partial charge in [0.15, 0.2) is 5.03 Å². The van der Waals surface area contributed by atoms with Gasteiger partial charge in [0.2, 0.25) is 0 Å². The summed E-state index contributed by atoms with van der Waals surface area (Å²) >= 11 is 1.63. The largest absolute Gasteiger partial charge is 0.310 e. The van der Waals surface area contributed by atoms with Crippen molar-refractivity contribution in [3.8, 4) is 0 Å². The number of pyridine rings is 1. The second kappa shape index (κ2) is 7.09. The predicted octanol–water partition coefficient (Wildman–Crippen LogP) is 1.71. The fourth-order valence-corrected chi connectivity index (χ4v) is 4.02. The molecule has 1 atom stereocenters. The van der Waals surface area contributed by atoms with Crippen LogP contribution in [0.1, 0.15) is 25.3 Å². The van der Waals surface area contributed by atoms with Gasteiger partial charge in [-0.2, -0.15) is 16.1 Å². The summed E-state index contributed by atoms with van der Waals surface area (Å²) in [5, 5.41) is 3.50. The number of sulfonamides is 1. The standard InChI is InChI=1S/C14H23N3O2S2/c1-11(10-20-3)17(2)21(18,19)14-7-4-12(9-16-14)8-15-13-5-6-13/h4,7,9,11,13,15H,5-6,8,10H2,1-3H3. The maximum absolute atomic E-state index is 12.5. The van der Waals surface area contributed by atoms with Crippen molar-refractivity contribution in [3.63, 3.8) is 0 Å². The Kier molecular flexibility index (Phi) is 5.65. The number of nitrogens with one attached hydrogen (secondary N) is 1. The number of hydrogen-bond donors (Lipinski definition) is 1. The first-order valence-corrected chi connectivity index (χ1v) is 9.94. The van der Waals surface area contributed by atoms with E-state index in [-0.39, 0.29) is 11.1 Å². The first-order valence-electron chi connectivity index (χ1n) is 7.10.